The highest BCUT2D eigenvalue weighted by Crippen LogP contribution is 2.19. The van der Waals surface area contributed by atoms with Crippen LogP contribution in [0, 0.1) is 5.82 Å². The molecule has 1 aromatic heterocycles. The fourth-order valence-corrected chi connectivity index (χ4v) is 2.07. The van der Waals surface area contributed by atoms with Gasteiger partial charge in [-0.2, -0.15) is 5.10 Å². The molecule has 2 rings (SSSR count). The first kappa shape index (κ1) is 17.2. The number of nitrogens with one attached hydrogen (secondary N) is 2. The van der Waals surface area contributed by atoms with Crippen molar-refractivity contribution in [2.75, 3.05) is 6.54 Å². The van der Waals surface area contributed by atoms with Crippen LogP contribution in [0.2, 0.25) is 5.02 Å². The van der Waals surface area contributed by atoms with E-state index in [-0.39, 0.29) is 17.6 Å². The number of aromatic nitrogens is 3. The minimum atomic E-state index is -1.03. The van der Waals surface area contributed by atoms with E-state index in [1.54, 1.807) is 11.0 Å². The zero-order valence-electron chi connectivity index (χ0n) is 12.4. The first-order valence-electron chi connectivity index (χ1n) is 6.95. The fourth-order valence-electron chi connectivity index (χ4n) is 1.95. The van der Waals surface area contributed by atoms with Crippen LogP contribution in [0.4, 0.5) is 9.18 Å². The van der Waals surface area contributed by atoms with Gasteiger partial charge in [0.2, 0.25) is 0 Å². The number of hydrogen-bond acceptors (Lipinski definition) is 4. The highest BCUT2D eigenvalue weighted by atomic mass is 35.5. The largest absolute Gasteiger partial charge is 0.387 e. The lowest BCUT2D eigenvalue weighted by Gasteiger charge is -2.16. The number of aliphatic hydroxyl groups is 1. The van der Waals surface area contributed by atoms with Crippen LogP contribution in [-0.4, -0.2) is 38.5 Å². The second-order valence-corrected chi connectivity index (χ2v) is 5.47. The lowest BCUT2D eigenvalue weighted by Crippen LogP contribution is -2.43. The normalized spacial score (nSPS) is 13.4. The van der Waals surface area contributed by atoms with Gasteiger partial charge in [-0.1, -0.05) is 17.7 Å². The van der Waals surface area contributed by atoms with Crippen LogP contribution < -0.4 is 10.6 Å². The summed E-state index contributed by atoms with van der Waals surface area (Å²) in [5.74, 6) is -0.617. The van der Waals surface area contributed by atoms with Crippen LogP contribution >= 0.6 is 11.6 Å². The highest BCUT2D eigenvalue weighted by Gasteiger charge is 2.13. The topological polar surface area (TPSA) is 92.1 Å². The lowest BCUT2D eigenvalue weighted by atomic mass is 10.1. The molecule has 124 valence electrons. The Morgan fingerprint density at radius 3 is 2.96 bits per heavy atom. The number of carbonyl (C=O) groups excluding carboxylic acids is 1. The summed E-state index contributed by atoms with van der Waals surface area (Å²) in [6, 6.07) is 3.38. The molecule has 0 bridgehead atoms. The molecule has 2 atom stereocenters. The number of rotatable bonds is 6. The smallest absolute Gasteiger partial charge is 0.315 e. The fraction of sp³-hybridized carbons (Fsp3) is 0.357. The van der Waals surface area contributed by atoms with Crippen molar-refractivity contribution in [3.63, 3.8) is 0 Å². The van der Waals surface area contributed by atoms with E-state index in [2.05, 4.69) is 20.7 Å². The molecule has 0 saturated heterocycles. The molecule has 0 fully saturated rings. The molecule has 2 aromatic rings. The van der Waals surface area contributed by atoms with E-state index in [0.717, 1.165) is 6.07 Å². The number of carbonyl (C=O) groups is 1. The van der Waals surface area contributed by atoms with Gasteiger partial charge in [-0.15, -0.1) is 0 Å². The Hall–Kier alpha value is -2.19. The molecule has 3 N–H and O–H groups in total. The Morgan fingerprint density at radius 2 is 2.30 bits per heavy atom. The molecule has 0 aliphatic carbocycles. The molecule has 7 nitrogen and oxygen atoms in total. The maximum absolute atomic E-state index is 13.3. The molecule has 0 aliphatic heterocycles. The summed E-state index contributed by atoms with van der Waals surface area (Å²) >= 11 is 5.58. The van der Waals surface area contributed by atoms with Crippen LogP contribution in [0.3, 0.4) is 0 Å². The van der Waals surface area contributed by atoms with Gasteiger partial charge in [-0.3, -0.25) is 4.68 Å². The van der Waals surface area contributed by atoms with Crippen molar-refractivity contribution >= 4 is 17.6 Å². The van der Waals surface area contributed by atoms with Crippen molar-refractivity contribution in [2.45, 2.75) is 25.6 Å². The third-order valence-electron chi connectivity index (χ3n) is 3.09. The molecule has 1 aromatic carbocycles. The zero-order valence-corrected chi connectivity index (χ0v) is 13.2. The molecular weight excluding hydrogens is 325 g/mol. The second kappa shape index (κ2) is 7.89. The van der Waals surface area contributed by atoms with E-state index in [0.29, 0.717) is 12.1 Å². The predicted octanol–water partition coefficient (Wildman–Crippen LogP) is 1.49. The van der Waals surface area contributed by atoms with Gasteiger partial charge in [0.15, 0.2) is 0 Å². The number of urea groups is 1. The Kier molecular flexibility index (Phi) is 5.89. The first-order valence-corrected chi connectivity index (χ1v) is 7.33. The molecule has 9 heteroatoms. The summed E-state index contributed by atoms with van der Waals surface area (Å²) < 4.78 is 14.9. The Bertz CT molecular complexity index is 653. The zero-order chi connectivity index (χ0) is 16.8. The lowest BCUT2D eigenvalue weighted by molar-refractivity contribution is 0.172. The van der Waals surface area contributed by atoms with Crippen molar-refractivity contribution in [1.82, 2.24) is 25.4 Å². The van der Waals surface area contributed by atoms with Gasteiger partial charge in [0.25, 0.3) is 0 Å². The van der Waals surface area contributed by atoms with Crippen LogP contribution in [0.25, 0.3) is 0 Å². The number of aliphatic hydroxyl groups excluding tert-OH is 1. The molecule has 2 amide bonds. The highest BCUT2D eigenvalue weighted by molar-refractivity contribution is 6.30. The Morgan fingerprint density at radius 1 is 1.52 bits per heavy atom. The number of hydrogen-bond donors (Lipinski definition) is 3. The van der Waals surface area contributed by atoms with E-state index in [1.165, 1.54) is 18.5 Å². The van der Waals surface area contributed by atoms with Gasteiger partial charge >= 0.3 is 6.03 Å². The Labute approximate surface area is 137 Å². The van der Waals surface area contributed by atoms with Crippen molar-refractivity contribution in [3.8, 4) is 0 Å². The minimum Gasteiger partial charge on any atom is -0.387 e. The van der Waals surface area contributed by atoms with Gasteiger partial charge < -0.3 is 15.7 Å². The monoisotopic (exact) mass is 341 g/mol. The third-order valence-corrected chi connectivity index (χ3v) is 3.40. The summed E-state index contributed by atoms with van der Waals surface area (Å²) in [6.45, 7) is 2.23. The average molecular weight is 342 g/mol. The summed E-state index contributed by atoms with van der Waals surface area (Å²) in [5, 5.41) is 19.1. The quantitative estimate of drug-likeness (QED) is 0.742. The molecular formula is C14H17ClFN5O2. The number of benzene rings is 1. The minimum absolute atomic E-state index is 0.0198. The Balaban J connectivity index is 1.77. The predicted molar refractivity (Wildman–Crippen MR) is 82.4 cm³/mol. The van der Waals surface area contributed by atoms with E-state index in [1.807, 2.05) is 6.92 Å². The van der Waals surface area contributed by atoms with E-state index in [9.17, 15) is 14.3 Å². The number of halogens is 2. The molecule has 0 spiro atoms. The van der Waals surface area contributed by atoms with Gasteiger partial charge in [0.1, 0.15) is 18.5 Å². The van der Waals surface area contributed by atoms with E-state index in [4.69, 9.17) is 11.6 Å². The van der Waals surface area contributed by atoms with Crippen molar-refractivity contribution < 1.29 is 14.3 Å². The third kappa shape index (κ3) is 5.19. The molecule has 0 aliphatic rings. The van der Waals surface area contributed by atoms with Crippen LogP contribution in [0.1, 0.15) is 18.6 Å². The summed E-state index contributed by atoms with van der Waals surface area (Å²) in [5.41, 5.74) is 0.336. The van der Waals surface area contributed by atoms with E-state index < -0.39 is 18.0 Å². The summed E-state index contributed by atoms with van der Waals surface area (Å²) in [4.78, 5) is 15.6. The SMILES string of the molecule is C[C@H](Cn1cncn1)NC(=O)NC[C@@H](O)c1ccc(Cl)c(F)c1. The summed E-state index contributed by atoms with van der Waals surface area (Å²) in [6.07, 6.45) is 1.93. The molecule has 0 saturated carbocycles. The van der Waals surface area contributed by atoms with E-state index >= 15 is 0 Å². The summed E-state index contributed by atoms with van der Waals surface area (Å²) in [7, 11) is 0. The number of nitrogens with zero attached hydrogens (tertiary/aromatic N) is 3. The molecule has 1 heterocycles. The maximum atomic E-state index is 13.3. The van der Waals surface area contributed by atoms with Crippen LogP contribution in [0.15, 0.2) is 30.9 Å². The van der Waals surface area contributed by atoms with Gasteiger partial charge in [-0.25, -0.2) is 14.2 Å². The van der Waals surface area contributed by atoms with Crippen LogP contribution in [0.5, 0.6) is 0 Å². The van der Waals surface area contributed by atoms with Crippen LogP contribution in [-0.2, 0) is 6.54 Å². The second-order valence-electron chi connectivity index (χ2n) is 5.06. The van der Waals surface area contributed by atoms with Gasteiger partial charge in [0.05, 0.1) is 17.7 Å². The van der Waals surface area contributed by atoms with Gasteiger partial charge in [-0.05, 0) is 24.6 Å². The van der Waals surface area contributed by atoms with Crippen molar-refractivity contribution in [3.05, 3.63) is 47.3 Å². The molecule has 23 heavy (non-hydrogen) atoms. The maximum Gasteiger partial charge on any atom is 0.315 e. The van der Waals surface area contributed by atoms with Crippen molar-refractivity contribution in [2.24, 2.45) is 0 Å². The van der Waals surface area contributed by atoms with Crippen molar-refractivity contribution in [1.29, 1.82) is 0 Å². The molecule has 0 unspecified atom stereocenters. The standard InChI is InChI=1S/C14H17ClFN5O2/c1-9(6-21-8-17-7-19-21)20-14(23)18-5-13(22)10-2-3-11(15)12(16)4-10/h2-4,7-9,13,22H,5-6H2,1H3,(H2,18,20,23)/t9-,13-/m1/s1. The van der Waals surface area contributed by atoms with Gasteiger partial charge in [0, 0.05) is 12.6 Å². The first-order chi connectivity index (χ1) is 11.0. The number of amides is 2. The average Bonchev–Trinajstić information content (AvgIpc) is 3.00. The molecule has 0 radical (unpaired) electrons.